The molecule has 1 N–H and O–H groups in total. The standard InChI is InChI=1S/C24H24FN3O3/c1-17(29)28-13-5-12-24(28,23(30)26-16-18-8-10-20(25)11-9-18)15-21-14-22(27-31-21)19-6-3-2-4-7-19/h2-4,6-11,14H,5,12-13,15-16H2,1H3,(H,26,30). The van der Waals surface area contributed by atoms with Crippen molar-refractivity contribution in [1.82, 2.24) is 15.4 Å². The van der Waals surface area contributed by atoms with E-state index in [2.05, 4.69) is 10.5 Å². The molecule has 1 aromatic heterocycles. The molecular formula is C24H24FN3O3. The summed E-state index contributed by atoms with van der Waals surface area (Å²) in [6, 6.07) is 17.4. The van der Waals surface area contributed by atoms with Gasteiger partial charge in [0.2, 0.25) is 11.8 Å². The quantitative estimate of drug-likeness (QED) is 0.658. The Labute approximate surface area is 180 Å². The molecule has 1 fully saturated rings. The minimum absolute atomic E-state index is 0.155. The molecule has 6 nitrogen and oxygen atoms in total. The molecule has 1 aliphatic rings. The molecule has 160 valence electrons. The summed E-state index contributed by atoms with van der Waals surface area (Å²) in [7, 11) is 0. The maximum atomic E-state index is 13.4. The molecule has 0 bridgehead atoms. The van der Waals surface area contributed by atoms with Crippen LogP contribution in [0.1, 0.15) is 31.1 Å². The molecule has 2 amide bonds. The van der Waals surface area contributed by atoms with E-state index in [-0.39, 0.29) is 30.6 Å². The summed E-state index contributed by atoms with van der Waals surface area (Å²) in [5.74, 6) is -0.187. The van der Waals surface area contributed by atoms with E-state index in [1.54, 1.807) is 17.0 Å². The van der Waals surface area contributed by atoms with Crippen LogP contribution in [-0.4, -0.2) is 34.0 Å². The van der Waals surface area contributed by atoms with Gasteiger partial charge in [0, 0.05) is 38.1 Å². The highest BCUT2D eigenvalue weighted by Gasteiger charge is 2.49. The van der Waals surface area contributed by atoms with Crippen LogP contribution in [0.4, 0.5) is 4.39 Å². The van der Waals surface area contributed by atoms with Gasteiger partial charge < -0.3 is 14.7 Å². The molecule has 1 atom stereocenters. The molecule has 0 radical (unpaired) electrons. The molecule has 0 spiro atoms. The largest absolute Gasteiger partial charge is 0.361 e. The van der Waals surface area contributed by atoms with Gasteiger partial charge in [0.1, 0.15) is 22.8 Å². The number of likely N-dealkylation sites (tertiary alicyclic amines) is 1. The smallest absolute Gasteiger partial charge is 0.246 e. The van der Waals surface area contributed by atoms with Crippen molar-refractivity contribution in [2.24, 2.45) is 0 Å². The number of halogens is 1. The zero-order valence-electron chi connectivity index (χ0n) is 17.3. The molecule has 1 unspecified atom stereocenters. The van der Waals surface area contributed by atoms with Crippen molar-refractivity contribution in [3.05, 3.63) is 77.8 Å². The van der Waals surface area contributed by atoms with Crippen LogP contribution in [0.25, 0.3) is 11.3 Å². The van der Waals surface area contributed by atoms with Crippen LogP contribution in [0, 0.1) is 5.82 Å². The molecule has 0 saturated carbocycles. The van der Waals surface area contributed by atoms with Gasteiger partial charge in [-0.3, -0.25) is 9.59 Å². The Morgan fingerprint density at radius 3 is 2.61 bits per heavy atom. The van der Waals surface area contributed by atoms with Crippen molar-refractivity contribution in [1.29, 1.82) is 0 Å². The van der Waals surface area contributed by atoms with Gasteiger partial charge >= 0.3 is 0 Å². The second kappa shape index (κ2) is 8.71. The lowest BCUT2D eigenvalue weighted by Crippen LogP contribution is -2.58. The molecule has 3 aromatic rings. The van der Waals surface area contributed by atoms with Gasteiger partial charge in [0.25, 0.3) is 0 Å². The van der Waals surface area contributed by atoms with Crippen molar-refractivity contribution in [3.8, 4) is 11.3 Å². The van der Waals surface area contributed by atoms with Crippen LogP contribution in [-0.2, 0) is 22.6 Å². The summed E-state index contributed by atoms with van der Waals surface area (Å²) < 4.78 is 18.7. The minimum atomic E-state index is -1.04. The number of hydrogen-bond acceptors (Lipinski definition) is 4. The highest BCUT2D eigenvalue weighted by molar-refractivity contribution is 5.91. The third kappa shape index (κ3) is 4.35. The first-order chi connectivity index (χ1) is 15.0. The average Bonchev–Trinajstić information content (AvgIpc) is 3.42. The Balaban J connectivity index is 1.57. The number of rotatable bonds is 6. The SMILES string of the molecule is CC(=O)N1CCCC1(Cc1cc(-c2ccccc2)no1)C(=O)NCc1ccc(F)cc1. The zero-order valence-corrected chi connectivity index (χ0v) is 17.3. The normalized spacial score (nSPS) is 18.2. The van der Waals surface area contributed by atoms with E-state index in [9.17, 15) is 14.0 Å². The lowest BCUT2D eigenvalue weighted by atomic mass is 9.89. The first kappa shape index (κ1) is 20.8. The summed E-state index contributed by atoms with van der Waals surface area (Å²) in [5, 5.41) is 7.07. The summed E-state index contributed by atoms with van der Waals surface area (Å²) in [6.07, 6.45) is 1.49. The van der Waals surface area contributed by atoms with Crippen LogP contribution in [0.5, 0.6) is 0 Å². The number of aromatic nitrogens is 1. The molecular weight excluding hydrogens is 397 g/mol. The van der Waals surface area contributed by atoms with E-state index >= 15 is 0 Å². The fourth-order valence-corrected chi connectivity index (χ4v) is 4.22. The fourth-order valence-electron chi connectivity index (χ4n) is 4.22. The lowest BCUT2D eigenvalue weighted by Gasteiger charge is -2.36. The maximum Gasteiger partial charge on any atom is 0.246 e. The molecule has 1 aliphatic heterocycles. The lowest BCUT2D eigenvalue weighted by molar-refractivity contribution is -0.144. The molecule has 31 heavy (non-hydrogen) atoms. The van der Waals surface area contributed by atoms with E-state index in [4.69, 9.17) is 4.52 Å². The van der Waals surface area contributed by atoms with Gasteiger partial charge in [-0.05, 0) is 30.5 Å². The van der Waals surface area contributed by atoms with Crippen LogP contribution in [0.3, 0.4) is 0 Å². The fraction of sp³-hybridized carbons (Fsp3) is 0.292. The first-order valence-electron chi connectivity index (χ1n) is 10.3. The topological polar surface area (TPSA) is 75.4 Å². The van der Waals surface area contributed by atoms with E-state index in [0.29, 0.717) is 24.4 Å². The molecule has 0 aliphatic carbocycles. The zero-order chi connectivity index (χ0) is 21.8. The van der Waals surface area contributed by atoms with E-state index < -0.39 is 5.54 Å². The predicted octanol–water partition coefficient (Wildman–Crippen LogP) is 3.72. The van der Waals surface area contributed by atoms with Gasteiger partial charge in [-0.15, -0.1) is 0 Å². The van der Waals surface area contributed by atoms with Crippen molar-refractivity contribution in [3.63, 3.8) is 0 Å². The van der Waals surface area contributed by atoms with Gasteiger partial charge in [0.15, 0.2) is 0 Å². The molecule has 2 aromatic carbocycles. The van der Waals surface area contributed by atoms with Crippen molar-refractivity contribution in [2.45, 2.75) is 38.3 Å². The van der Waals surface area contributed by atoms with Crippen molar-refractivity contribution >= 4 is 11.8 Å². The second-order valence-electron chi connectivity index (χ2n) is 7.84. The third-order valence-electron chi connectivity index (χ3n) is 5.75. The van der Waals surface area contributed by atoms with Gasteiger partial charge in [0.05, 0.1) is 0 Å². The summed E-state index contributed by atoms with van der Waals surface area (Å²) in [4.78, 5) is 27.3. The minimum Gasteiger partial charge on any atom is -0.361 e. The summed E-state index contributed by atoms with van der Waals surface area (Å²) >= 11 is 0. The number of hydrogen-bond donors (Lipinski definition) is 1. The average molecular weight is 421 g/mol. The van der Waals surface area contributed by atoms with Crippen molar-refractivity contribution in [2.75, 3.05) is 6.54 Å². The molecule has 2 heterocycles. The number of benzene rings is 2. The third-order valence-corrected chi connectivity index (χ3v) is 5.75. The Morgan fingerprint density at radius 2 is 1.90 bits per heavy atom. The highest BCUT2D eigenvalue weighted by atomic mass is 19.1. The number of carbonyl (C=O) groups excluding carboxylic acids is 2. The Hall–Kier alpha value is -3.48. The number of nitrogens with one attached hydrogen (secondary N) is 1. The maximum absolute atomic E-state index is 13.4. The van der Waals surface area contributed by atoms with E-state index in [0.717, 1.165) is 17.5 Å². The first-order valence-corrected chi connectivity index (χ1v) is 10.3. The van der Waals surface area contributed by atoms with E-state index in [1.165, 1.54) is 19.1 Å². The van der Waals surface area contributed by atoms with Gasteiger partial charge in [-0.2, -0.15) is 0 Å². The highest BCUT2D eigenvalue weighted by Crippen LogP contribution is 2.34. The van der Waals surface area contributed by atoms with Crippen molar-refractivity contribution < 1.29 is 18.5 Å². The molecule has 4 rings (SSSR count). The van der Waals surface area contributed by atoms with Gasteiger partial charge in [-0.1, -0.05) is 47.6 Å². The van der Waals surface area contributed by atoms with Crippen LogP contribution >= 0.6 is 0 Å². The van der Waals surface area contributed by atoms with Crippen LogP contribution < -0.4 is 5.32 Å². The molecule has 1 saturated heterocycles. The summed E-state index contributed by atoms with van der Waals surface area (Å²) in [6.45, 7) is 2.24. The second-order valence-corrected chi connectivity index (χ2v) is 7.84. The Bertz CT molecular complexity index is 1070. The van der Waals surface area contributed by atoms with Gasteiger partial charge in [-0.25, -0.2) is 4.39 Å². The predicted molar refractivity (Wildman–Crippen MR) is 113 cm³/mol. The van der Waals surface area contributed by atoms with Crippen LogP contribution in [0.2, 0.25) is 0 Å². The number of nitrogens with zero attached hydrogens (tertiary/aromatic N) is 2. The van der Waals surface area contributed by atoms with Crippen LogP contribution in [0.15, 0.2) is 65.2 Å². The van der Waals surface area contributed by atoms with E-state index in [1.807, 2.05) is 36.4 Å². The number of amides is 2. The monoisotopic (exact) mass is 421 g/mol. The summed E-state index contributed by atoms with van der Waals surface area (Å²) in [5.41, 5.74) is 1.34. The molecule has 7 heteroatoms. The number of carbonyl (C=O) groups is 2. The Kier molecular flexibility index (Phi) is 5.84. The Morgan fingerprint density at radius 1 is 1.16 bits per heavy atom.